The molecule has 188 valence electrons. The summed E-state index contributed by atoms with van der Waals surface area (Å²) in [6.07, 6.45) is 4.68. The van der Waals surface area contributed by atoms with Crippen LogP contribution in [0.3, 0.4) is 0 Å². The van der Waals surface area contributed by atoms with E-state index in [1.165, 1.54) is 5.56 Å². The molecule has 4 aromatic rings. The van der Waals surface area contributed by atoms with Gasteiger partial charge in [0.1, 0.15) is 24.7 Å². The highest BCUT2D eigenvalue weighted by atomic mass is 16.6. The predicted octanol–water partition coefficient (Wildman–Crippen LogP) is 6.42. The standard InChI is InChI=1S/C31H32N4O2/c1-22-16-17-25-11-6-15-29(31(25)33-22)35-37-18-8-13-26-12-7-14-28(34-26)30-20-27(19-23(2)32-30)36-21-24-9-4-3-5-10-24/h3-5,7,9-10,12,14,16-17,19-20H,6,8,11,13,15,18,21H2,1-2H3/b35-29+. The highest BCUT2D eigenvalue weighted by Crippen LogP contribution is 2.24. The second-order valence-corrected chi connectivity index (χ2v) is 9.41. The van der Waals surface area contributed by atoms with Crippen LogP contribution in [0.15, 0.2) is 78.0 Å². The summed E-state index contributed by atoms with van der Waals surface area (Å²) in [4.78, 5) is 19.9. The maximum Gasteiger partial charge on any atom is 0.123 e. The Bertz CT molecular complexity index is 1390. The molecule has 5 rings (SSSR count). The minimum Gasteiger partial charge on any atom is -0.489 e. The Kier molecular flexibility index (Phi) is 7.84. The third-order valence-electron chi connectivity index (χ3n) is 6.34. The van der Waals surface area contributed by atoms with Crippen molar-refractivity contribution < 1.29 is 9.57 Å². The van der Waals surface area contributed by atoms with Gasteiger partial charge in [-0.05, 0) is 75.3 Å². The van der Waals surface area contributed by atoms with Gasteiger partial charge >= 0.3 is 0 Å². The van der Waals surface area contributed by atoms with Crippen LogP contribution in [-0.2, 0) is 24.3 Å². The lowest BCUT2D eigenvalue weighted by Crippen LogP contribution is -2.15. The van der Waals surface area contributed by atoms with Crippen molar-refractivity contribution in [2.75, 3.05) is 6.61 Å². The summed E-state index contributed by atoms with van der Waals surface area (Å²) in [5.74, 6) is 0.792. The molecule has 0 saturated heterocycles. The van der Waals surface area contributed by atoms with Crippen LogP contribution < -0.4 is 4.74 Å². The van der Waals surface area contributed by atoms with Crippen molar-refractivity contribution in [2.45, 2.75) is 52.6 Å². The lowest BCUT2D eigenvalue weighted by molar-refractivity contribution is 0.141. The summed E-state index contributed by atoms with van der Waals surface area (Å²) in [6, 6.07) is 24.3. The van der Waals surface area contributed by atoms with Gasteiger partial charge in [-0.3, -0.25) is 15.0 Å². The van der Waals surface area contributed by atoms with Crippen LogP contribution in [0.1, 0.15) is 53.2 Å². The molecular weight excluding hydrogens is 460 g/mol. The van der Waals surface area contributed by atoms with E-state index in [-0.39, 0.29) is 0 Å². The summed E-state index contributed by atoms with van der Waals surface area (Å²) >= 11 is 0. The Hall–Kier alpha value is -4.06. The fourth-order valence-corrected chi connectivity index (χ4v) is 4.49. The van der Waals surface area contributed by atoms with E-state index >= 15 is 0 Å². The number of rotatable bonds is 9. The molecule has 0 saturated carbocycles. The molecule has 0 radical (unpaired) electrons. The Labute approximate surface area is 218 Å². The molecule has 6 nitrogen and oxygen atoms in total. The summed E-state index contributed by atoms with van der Waals surface area (Å²) in [5.41, 5.74) is 8.91. The number of nitrogens with zero attached hydrogens (tertiary/aromatic N) is 4. The average Bonchev–Trinajstić information content (AvgIpc) is 2.92. The maximum atomic E-state index is 6.03. The van der Waals surface area contributed by atoms with Crippen LogP contribution in [0.25, 0.3) is 11.4 Å². The van der Waals surface area contributed by atoms with Crippen LogP contribution in [0, 0.1) is 13.8 Å². The van der Waals surface area contributed by atoms with Crippen LogP contribution in [0.2, 0.25) is 0 Å². The fraction of sp³-hybridized carbons (Fsp3) is 0.290. The lowest BCUT2D eigenvalue weighted by Gasteiger charge is -2.16. The fourth-order valence-electron chi connectivity index (χ4n) is 4.49. The summed E-state index contributed by atoms with van der Waals surface area (Å²) < 4.78 is 6.03. The molecule has 0 spiro atoms. The molecule has 1 aromatic carbocycles. The second-order valence-electron chi connectivity index (χ2n) is 9.41. The zero-order chi connectivity index (χ0) is 25.5. The number of aromatic nitrogens is 3. The smallest absolute Gasteiger partial charge is 0.123 e. The van der Waals surface area contributed by atoms with Gasteiger partial charge in [-0.25, -0.2) is 0 Å². The summed E-state index contributed by atoms with van der Waals surface area (Å²) in [6.45, 7) is 5.04. The van der Waals surface area contributed by atoms with Crippen molar-refractivity contribution in [1.29, 1.82) is 0 Å². The summed E-state index contributed by atoms with van der Waals surface area (Å²) in [5, 5.41) is 4.43. The monoisotopic (exact) mass is 492 g/mol. The van der Waals surface area contributed by atoms with Crippen LogP contribution in [0.5, 0.6) is 5.75 Å². The van der Waals surface area contributed by atoms with Gasteiger partial charge in [0.05, 0.1) is 17.1 Å². The number of fused-ring (bicyclic) bond motifs is 1. The van der Waals surface area contributed by atoms with Crippen LogP contribution in [0.4, 0.5) is 0 Å². The Morgan fingerprint density at radius 1 is 0.811 bits per heavy atom. The molecule has 0 unspecified atom stereocenters. The predicted molar refractivity (Wildman–Crippen MR) is 146 cm³/mol. The van der Waals surface area contributed by atoms with Gasteiger partial charge in [0.2, 0.25) is 0 Å². The third-order valence-corrected chi connectivity index (χ3v) is 6.34. The molecular formula is C31H32N4O2. The highest BCUT2D eigenvalue weighted by Gasteiger charge is 2.17. The van der Waals surface area contributed by atoms with E-state index in [9.17, 15) is 0 Å². The average molecular weight is 493 g/mol. The first kappa shape index (κ1) is 24.6. The van der Waals surface area contributed by atoms with Crippen molar-refractivity contribution >= 4 is 5.71 Å². The molecule has 3 heterocycles. The molecule has 6 heteroatoms. The Morgan fingerprint density at radius 3 is 2.59 bits per heavy atom. The number of oxime groups is 1. The second kappa shape index (κ2) is 11.8. The molecule has 0 N–H and O–H groups in total. The van der Waals surface area contributed by atoms with Gasteiger partial charge in [0, 0.05) is 29.2 Å². The molecule has 1 aliphatic rings. The van der Waals surface area contributed by atoms with Gasteiger partial charge in [0.25, 0.3) is 0 Å². The number of benzene rings is 1. The molecule has 0 atom stereocenters. The number of ether oxygens (including phenoxy) is 1. The van der Waals surface area contributed by atoms with Gasteiger partial charge < -0.3 is 9.57 Å². The quantitative estimate of drug-likeness (QED) is 0.199. The van der Waals surface area contributed by atoms with Crippen molar-refractivity contribution in [2.24, 2.45) is 5.16 Å². The van der Waals surface area contributed by atoms with Gasteiger partial charge in [-0.2, -0.15) is 0 Å². The van der Waals surface area contributed by atoms with E-state index < -0.39 is 0 Å². The topological polar surface area (TPSA) is 69.5 Å². The number of pyridine rings is 3. The molecule has 0 bridgehead atoms. The first-order valence-electron chi connectivity index (χ1n) is 12.9. The van der Waals surface area contributed by atoms with Crippen LogP contribution in [-0.4, -0.2) is 27.3 Å². The van der Waals surface area contributed by atoms with Gasteiger partial charge in [-0.1, -0.05) is 47.6 Å². The number of hydrogen-bond donors (Lipinski definition) is 0. The van der Waals surface area contributed by atoms with E-state index in [0.717, 1.165) is 83.3 Å². The molecule has 37 heavy (non-hydrogen) atoms. The van der Waals surface area contributed by atoms with E-state index in [4.69, 9.17) is 19.5 Å². The van der Waals surface area contributed by atoms with Crippen LogP contribution >= 0.6 is 0 Å². The Morgan fingerprint density at radius 2 is 1.70 bits per heavy atom. The molecule has 0 amide bonds. The molecule has 3 aromatic heterocycles. The lowest BCUT2D eigenvalue weighted by atomic mass is 9.94. The molecule has 0 fully saturated rings. The van der Waals surface area contributed by atoms with Gasteiger partial charge in [-0.15, -0.1) is 0 Å². The van der Waals surface area contributed by atoms with E-state index in [0.29, 0.717) is 13.2 Å². The van der Waals surface area contributed by atoms with E-state index in [2.05, 4.69) is 34.4 Å². The maximum absolute atomic E-state index is 6.03. The van der Waals surface area contributed by atoms with Crippen molar-refractivity contribution in [1.82, 2.24) is 15.0 Å². The zero-order valence-electron chi connectivity index (χ0n) is 21.5. The van der Waals surface area contributed by atoms with E-state index in [1.807, 2.05) is 62.4 Å². The summed E-state index contributed by atoms with van der Waals surface area (Å²) in [7, 11) is 0. The minimum atomic E-state index is 0.517. The third kappa shape index (κ3) is 6.58. The normalized spacial score (nSPS) is 13.8. The molecule has 0 aliphatic heterocycles. The largest absolute Gasteiger partial charge is 0.489 e. The zero-order valence-corrected chi connectivity index (χ0v) is 21.5. The first-order chi connectivity index (χ1) is 18.1. The highest BCUT2D eigenvalue weighted by molar-refractivity contribution is 6.00. The first-order valence-corrected chi connectivity index (χ1v) is 12.9. The Balaban J connectivity index is 1.18. The van der Waals surface area contributed by atoms with Crippen molar-refractivity contribution in [3.8, 4) is 17.1 Å². The molecule has 1 aliphatic carbocycles. The van der Waals surface area contributed by atoms with E-state index in [1.54, 1.807) is 0 Å². The number of hydrogen-bond acceptors (Lipinski definition) is 6. The SMILES string of the molecule is Cc1cc(OCc2ccccc2)cc(-c2cccc(CCCO/N=C3\CCCc4ccc(C)nc43)n2)n1. The van der Waals surface area contributed by atoms with Gasteiger partial charge in [0.15, 0.2) is 0 Å². The van der Waals surface area contributed by atoms with Crippen molar-refractivity contribution in [3.63, 3.8) is 0 Å². The number of aryl methyl sites for hydroxylation is 4. The minimum absolute atomic E-state index is 0.517. The van der Waals surface area contributed by atoms with Crippen molar-refractivity contribution in [3.05, 3.63) is 107 Å².